The van der Waals surface area contributed by atoms with E-state index in [1.807, 2.05) is 6.08 Å². The number of benzene rings is 1. The average Bonchev–Trinajstić information content (AvgIpc) is 2.55. The van der Waals surface area contributed by atoms with Gasteiger partial charge in [-0.15, -0.1) is 0 Å². The molecule has 2 rings (SSSR count). The highest BCUT2D eigenvalue weighted by Crippen LogP contribution is 2.27. The number of carboxylic acid groups (broad SMARTS) is 1. The minimum absolute atomic E-state index is 0.114. The van der Waals surface area contributed by atoms with Gasteiger partial charge in [-0.3, -0.25) is 14.4 Å². The predicted octanol–water partition coefficient (Wildman–Crippen LogP) is 2.64. The summed E-state index contributed by atoms with van der Waals surface area (Å²) >= 11 is 0. The topological polar surface area (TPSA) is 95.5 Å². The van der Waals surface area contributed by atoms with Crippen molar-refractivity contribution in [3.8, 4) is 0 Å². The van der Waals surface area contributed by atoms with Gasteiger partial charge in [0.1, 0.15) is 0 Å². The van der Waals surface area contributed by atoms with Crippen molar-refractivity contribution in [1.29, 1.82) is 0 Å². The van der Waals surface area contributed by atoms with Crippen molar-refractivity contribution in [2.45, 2.75) is 26.2 Å². The standard InChI is InChI=1S/C17H20N2O4/c1-2-15(20)18-11-6-5-7-12(10-11)19-16(21)13-8-3-4-9-14(13)17(22)23/h3-7,10,13-14H,2,8-9H2,1H3,(H,18,20)(H,19,21)(H,22,23). The number of amides is 2. The van der Waals surface area contributed by atoms with Gasteiger partial charge in [-0.1, -0.05) is 25.1 Å². The molecular formula is C17H20N2O4. The van der Waals surface area contributed by atoms with E-state index in [1.165, 1.54) is 0 Å². The van der Waals surface area contributed by atoms with E-state index in [0.29, 0.717) is 30.6 Å². The van der Waals surface area contributed by atoms with E-state index in [2.05, 4.69) is 10.6 Å². The van der Waals surface area contributed by atoms with Gasteiger partial charge in [0.05, 0.1) is 11.8 Å². The van der Waals surface area contributed by atoms with Gasteiger partial charge in [-0.05, 0) is 31.0 Å². The maximum absolute atomic E-state index is 12.4. The number of nitrogens with one attached hydrogen (secondary N) is 2. The van der Waals surface area contributed by atoms with Crippen LogP contribution in [0.3, 0.4) is 0 Å². The van der Waals surface area contributed by atoms with Crippen LogP contribution in [-0.4, -0.2) is 22.9 Å². The van der Waals surface area contributed by atoms with Crippen LogP contribution in [0, 0.1) is 11.8 Å². The van der Waals surface area contributed by atoms with E-state index < -0.39 is 17.8 Å². The Kier molecular flexibility index (Phi) is 5.51. The quantitative estimate of drug-likeness (QED) is 0.728. The molecule has 0 spiro atoms. The molecular weight excluding hydrogens is 296 g/mol. The van der Waals surface area contributed by atoms with Gasteiger partial charge in [0.15, 0.2) is 0 Å². The third-order valence-electron chi connectivity index (χ3n) is 3.82. The molecule has 1 aliphatic carbocycles. The number of hydrogen-bond acceptors (Lipinski definition) is 3. The molecule has 122 valence electrons. The Labute approximate surface area is 134 Å². The maximum Gasteiger partial charge on any atom is 0.307 e. The first kappa shape index (κ1) is 16.7. The number of rotatable bonds is 5. The second kappa shape index (κ2) is 7.58. The summed E-state index contributed by atoms with van der Waals surface area (Å²) in [5.41, 5.74) is 1.12. The zero-order valence-electron chi connectivity index (χ0n) is 12.9. The largest absolute Gasteiger partial charge is 0.481 e. The summed E-state index contributed by atoms with van der Waals surface area (Å²) in [5.74, 6) is -2.69. The van der Waals surface area contributed by atoms with Crippen LogP contribution in [0.15, 0.2) is 36.4 Å². The van der Waals surface area contributed by atoms with Crippen LogP contribution in [0.5, 0.6) is 0 Å². The molecule has 0 heterocycles. The Hall–Kier alpha value is -2.63. The highest BCUT2D eigenvalue weighted by atomic mass is 16.4. The molecule has 0 bridgehead atoms. The van der Waals surface area contributed by atoms with Crippen LogP contribution in [0.2, 0.25) is 0 Å². The van der Waals surface area contributed by atoms with Crippen LogP contribution in [0.1, 0.15) is 26.2 Å². The molecule has 3 N–H and O–H groups in total. The van der Waals surface area contributed by atoms with Gasteiger partial charge in [0, 0.05) is 17.8 Å². The van der Waals surface area contributed by atoms with Gasteiger partial charge in [0.2, 0.25) is 11.8 Å². The minimum Gasteiger partial charge on any atom is -0.481 e. The smallest absolute Gasteiger partial charge is 0.307 e. The van der Waals surface area contributed by atoms with Crippen LogP contribution < -0.4 is 10.6 Å². The lowest BCUT2D eigenvalue weighted by atomic mass is 9.82. The first-order chi connectivity index (χ1) is 11.0. The van der Waals surface area contributed by atoms with E-state index in [-0.39, 0.29) is 11.8 Å². The number of carbonyl (C=O) groups is 3. The number of anilines is 2. The lowest BCUT2D eigenvalue weighted by Gasteiger charge is -2.24. The number of carbonyl (C=O) groups excluding carboxylic acids is 2. The second-order valence-corrected chi connectivity index (χ2v) is 5.47. The number of aliphatic carboxylic acids is 1. The highest BCUT2D eigenvalue weighted by Gasteiger charge is 2.33. The first-order valence-corrected chi connectivity index (χ1v) is 7.60. The molecule has 1 aliphatic rings. The maximum atomic E-state index is 12.4. The van der Waals surface area contributed by atoms with E-state index in [1.54, 1.807) is 37.3 Å². The summed E-state index contributed by atoms with van der Waals surface area (Å²) < 4.78 is 0. The molecule has 2 unspecified atom stereocenters. The lowest BCUT2D eigenvalue weighted by Crippen LogP contribution is -2.34. The van der Waals surface area contributed by atoms with Crippen LogP contribution in [0.4, 0.5) is 11.4 Å². The van der Waals surface area contributed by atoms with Crippen molar-refractivity contribution >= 4 is 29.2 Å². The number of allylic oxidation sites excluding steroid dienone is 2. The summed E-state index contributed by atoms with van der Waals surface area (Å²) in [7, 11) is 0. The molecule has 0 saturated heterocycles. The molecule has 0 fully saturated rings. The third-order valence-corrected chi connectivity index (χ3v) is 3.82. The summed E-state index contributed by atoms with van der Waals surface area (Å²) in [6.45, 7) is 1.75. The van der Waals surface area contributed by atoms with Crippen LogP contribution in [-0.2, 0) is 14.4 Å². The molecule has 0 radical (unpaired) electrons. The molecule has 0 saturated carbocycles. The van der Waals surface area contributed by atoms with Gasteiger partial charge in [0.25, 0.3) is 0 Å². The van der Waals surface area contributed by atoms with Crippen molar-refractivity contribution in [2.24, 2.45) is 11.8 Å². The summed E-state index contributed by atoms with van der Waals surface area (Å²) in [6.07, 6.45) is 4.77. The van der Waals surface area contributed by atoms with Crippen LogP contribution >= 0.6 is 0 Å². The molecule has 6 nitrogen and oxygen atoms in total. The molecule has 1 aromatic carbocycles. The Balaban J connectivity index is 2.07. The SMILES string of the molecule is CCC(=O)Nc1cccc(NC(=O)C2CC=CCC2C(=O)O)c1. The van der Waals surface area contributed by atoms with Gasteiger partial charge in [-0.2, -0.15) is 0 Å². The van der Waals surface area contributed by atoms with Crippen molar-refractivity contribution in [2.75, 3.05) is 10.6 Å². The number of carboxylic acids is 1. The molecule has 0 aromatic heterocycles. The summed E-state index contributed by atoms with van der Waals surface area (Å²) in [5, 5.41) is 14.7. The zero-order valence-corrected chi connectivity index (χ0v) is 12.9. The van der Waals surface area contributed by atoms with Crippen molar-refractivity contribution < 1.29 is 19.5 Å². The Bertz CT molecular complexity index is 639. The Morgan fingerprint density at radius 1 is 1.09 bits per heavy atom. The molecule has 0 aliphatic heterocycles. The van der Waals surface area contributed by atoms with Crippen molar-refractivity contribution in [1.82, 2.24) is 0 Å². The fourth-order valence-corrected chi connectivity index (χ4v) is 2.54. The normalized spacial score (nSPS) is 19.9. The fraction of sp³-hybridized carbons (Fsp3) is 0.353. The van der Waals surface area contributed by atoms with Gasteiger partial charge in [-0.25, -0.2) is 0 Å². The fourth-order valence-electron chi connectivity index (χ4n) is 2.54. The highest BCUT2D eigenvalue weighted by molar-refractivity contribution is 5.96. The van der Waals surface area contributed by atoms with Gasteiger partial charge >= 0.3 is 5.97 Å². The zero-order chi connectivity index (χ0) is 16.8. The van der Waals surface area contributed by atoms with E-state index in [4.69, 9.17) is 0 Å². The number of hydrogen-bond donors (Lipinski definition) is 3. The van der Waals surface area contributed by atoms with Crippen molar-refractivity contribution in [3.63, 3.8) is 0 Å². The van der Waals surface area contributed by atoms with Crippen LogP contribution in [0.25, 0.3) is 0 Å². The molecule has 23 heavy (non-hydrogen) atoms. The van der Waals surface area contributed by atoms with E-state index in [0.717, 1.165) is 0 Å². The third kappa shape index (κ3) is 4.42. The van der Waals surface area contributed by atoms with Gasteiger partial charge < -0.3 is 15.7 Å². The van der Waals surface area contributed by atoms with E-state index >= 15 is 0 Å². The predicted molar refractivity (Wildman–Crippen MR) is 87.0 cm³/mol. The molecule has 2 amide bonds. The minimum atomic E-state index is -0.960. The molecule has 1 aromatic rings. The molecule has 2 atom stereocenters. The molecule has 6 heteroatoms. The lowest BCUT2D eigenvalue weighted by molar-refractivity contribution is -0.146. The second-order valence-electron chi connectivity index (χ2n) is 5.47. The average molecular weight is 316 g/mol. The Morgan fingerprint density at radius 3 is 2.30 bits per heavy atom. The first-order valence-electron chi connectivity index (χ1n) is 7.60. The van der Waals surface area contributed by atoms with Crippen molar-refractivity contribution in [3.05, 3.63) is 36.4 Å². The summed E-state index contributed by atoms with van der Waals surface area (Å²) in [4.78, 5) is 35.1. The monoisotopic (exact) mass is 316 g/mol. The van der Waals surface area contributed by atoms with E-state index in [9.17, 15) is 19.5 Å². The Morgan fingerprint density at radius 2 is 1.70 bits per heavy atom. The summed E-state index contributed by atoms with van der Waals surface area (Å²) in [6, 6.07) is 6.80.